The van der Waals surface area contributed by atoms with E-state index in [1.54, 1.807) is 21.9 Å². The summed E-state index contributed by atoms with van der Waals surface area (Å²) in [5.74, 6) is -0.0482. The van der Waals surface area contributed by atoms with Gasteiger partial charge in [-0.15, -0.1) is 0 Å². The topological polar surface area (TPSA) is 79.0 Å². The number of carbonyl (C=O) groups excluding carboxylic acids is 3. The normalized spacial score (nSPS) is 19.5. The lowest BCUT2D eigenvalue weighted by atomic mass is 9.98. The van der Waals surface area contributed by atoms with E-state index in [1.165, 1.54) is 0 Å². The van der Waals surface area contributed by atoms with Crippen molar-refractivity contribution in [3.63, 3.8) is 0 Å². The maximum absolute atomic E-state index is 12.7. The Kier molecular flexibility index (Phi) is 7.03. The number of piperazine rings is 1. The molecule has 0 saturated carbocycles. The van der Waals surface area contributed by atoms with Crippen molar-refractivity contribution in [1.82, 2.24) is 15.1 Å². The quantitative estimate of drug-likeness (QED) is 0.687. The van der Waals surface area contributed by atoms with Gasteiger partial charge in [0.25, 0.3) is 5.91 Å². The van der Waals surface area contributed by atoms with Gasteiger partial charge in [-0.25, -0.2) is 0 Å². The molecule has 0 aromatic heterocycles. The van der Waals surface area contributed by atoms with E-state index in [2.05, 4.69) is 5.32 Å². The first kappa shape index (κ1) is 20.3. The van der Waals surface area contributed by atoms with Gasteiger partial charge in [0.2, 0.25) is 11.8 Å². The zero-order valence-electron chi connectivity index (χ0n) is 16.5. The second-order valence-corrected chi connectivity index (χ2v) is 7.30. The summed E-state index contributed by atoms with van der Waals surface area (Å²) < 4.78 is 5.25. The van der Waals surface area contributed by atoms with Gasteiger partial charge < -0.3 is 19.9 Å². The first-order valence-corrected chi connectivity index (χ1v) is 10.1. The van der Waals surface area contributed by atoms with Crippen molar-refractivity contribution >= 4 is 17.7 Å². The van der Waals surface area contributed by atoms with Crippen molar-refractivity contribution in [1.29, 1.82) is 0 Å². The van der Waals surface area contributed by atoms with E-state index in [4.69, 9.17) is 4.74 Å². The van der Waals surface area contributed by atoms with Gasteiger partial charge in [0.05, 0.1) is 0 Å². The molecule has 1 atom stereocenters. The molecule has 3 rings (SSSR count). The van der Waals surface area contributed by atoms with Gasteiger partial charge in [-0.3, -0.25) is 14.4 Å². The van der Waals surface area contributed by atoms with Crippen LogP contribution in [0.5, 0.6) is 0 Å². The highest BCUT2D eigenvalue weighted by Crippen LogP contribution is 2.24. The molecule has 7 nitrogen and oxygen atoms in total. The smallest absolute Gasteiger partial charge is 0.251 e. The van der Waals surface area contributed by atoms with E-state index in [-0.39, 0.29) is 30.3 Å². The molecule has 0 aliphatic carbocycles. The van der Waals surface area contributed by atoms with Gasteiger partial charge >= 0.3 is 0 Å². The molecule has 0 radical (unpaired) electrons. The summed E-state index contributed by atoms with van der Waals surface area (Å²) in [6, 6.07) is 6.92. The molecular formula is C21H29N3O4. The van der Waals surface area contributed by atoms with Crippen LogP contribution in [-0.2, 0) is 20.9 Å². The summed E-state index contributed by atoms with van der Waals surface area (Å²) in [7, 11) is 0. The summed E-state index contributed by atoms with van der Waals surface area (Å²) in [6.45, 7) is 5.05. The Labute approximate surface area is 166 Å². The molecule has 1 aromatic carbocycles. The predicted molar refractivity (Wildman–Crippen MR) is 105 cm³/mol. The minimum Gasteiger partial charge on any atom is -0.382 e. The zero-order chi connectivity index (χ0) is 19.9. The van der Waals surface area contributed by atoms with Crippen LogP contribution in [0.3, 0.4) is 0 Å². The second-order valence-electron chi connectivity index (χ2n) is 7.30. The third-order valence-electron chi connectivity index (χ3n) is 5.29. The number of nitrogens with zero attached hydrogens (tertiary/aromatic N) is 2. The molecule has 0 spiro atoms. The first-order valence-electron chi connectivity index (χ1n) is 10.1. The third-order valence-corrected chi connectivity index (χ3v) is 5.29. The van der Waals surface area contributed by atoms with E-state index in [0.717, 1.165) is 31.2 Å². The Morgan fingerprint density at radius 1 is 1.21 bits per heavy atom. The molecule has 2 saturated heterocycles. The fourth-order valence-corrected chi connectivity index (χ4v) is 3.77. The van der Waals surface area contributed by atoms with Crippen molar-refractivity contribution in [2.45, 2.75) is 45.2 Å². The number of amides is 3. The molecule has 1 aromatic rings. The van der Waals surface area contributed by atoms with Crippen LogP contribution in [0, 0.1) is 0 Å². The Hall–Kier alpha value is -2.41. The molecule has 2 fully saturated rings. The van der Waals surface area contributed by atoms with Crippen molar-refractivity contribution in [3.05, 3.63) is 35.4 Å². The standard InChI is InChI=1S/C21H29N3O4/c1-2-28-13-5-11-22-20(26)17-9-7-16(8-10-17)14-23-15-19(25)24-12-4-3-6-18(24)21(23)27/h7-10,18H,2-6,11-15H2,1H3,(H,22,26)/t18-/m1/s1. The van der Waals surface area contributed by atoms with Gasteiger partial charge in [-0.05, 0) is 50.3 Å². The lowest BCUT2D eigenvalue weighted by Gasteiger charge is -2.42. The largest absolute Gasteiger partial charge is 0.382 e. The average molecular weight is 387 g/mol. The molecule has 2 heterocycles. The monoisotopic (exact) mass is 387 g/mol. The number of piperidine rings is 1. The molecule has 3 amide bonds. The van der Waals surface area contributed by atoms with Crippen LogP contribution in [0.4, 0.5) is 0 Å². The highest BCUT2D eigenvalue weighted by Gasteiger charge is 2.40. The minimum atomic E-state index is -0.295. The maximum atomic E-state index is 12.7. The summed E-state index contributed by atoms with van der Waals surface area (Å²) in [4.78, 5) is 40.6. The fraction of sp³-hybridized carbons (Fsp3) is 0.571. The molecule has 1 N–H and O–H groups in total. The average Bonchev–Trinajstić information content (AvgIpc) is 2.72. The van der Waals surface area contributed by atoms with Crippen molar-refractivity contribution in [3.8, 4) is 0 Å². The number of ether oxygens (including phenoxy) is 1. The van der Waals surface area contributed by atoms with Gasteiger partial charge in [0.15, 0.2) is 0 Å². The van der Waals surface area contributed by atoms with Gasteiger partial charge in [-0.1, -0.05) is 12.1 Å². The van der Waals surface area contributed by atoms with Crippen LogP contribution in [0.15, 0.2) is 24.3 Å². The molecule has 2 aliphatic rings. The van der Waals surface area contributed by atoms with Crippen LogP contribution in [0.1, 0.15) is 48.5 Å². The van der Waals surface area contributed by atoms with Crippen LogP contribution < -0.4 is 5.32 Å². The van der Waals surface area contributed by atoms with E-state index < -0.39 is 0 Å². The highest BCUT2D eigenvalue weighted by molar-refractivity contribution is 5.95. The van der Waals surface area contributed by atoms with E-state index in [1.807, 2.05) is 19.1 Å². The summed E-state index contributed by atoms with van der Waals surface area (Å²) in [5, 5.41) is 2.87. The van der Waals surface area contributed by atoms with Crippen LogP contribution in [0.25, 0.3) is 0 Å². The Morgan fingerprint density at radius 2 is 2.00 bits per heavy atom. The number of benzene rings is 1. The molecule has 0 bridgehead atoms. The molecule has 28 heavy (non-hydrogen) atoms. The minimum absolute atomic E-state index is 0.0346. The molecule has 152 valence electrons. The zero-order valence-corrected chi connectivity index (χ0v) is 16.5. The third kappa shape index (κ3) is 4.90. The highest BCUT2D eigenvalue weighted by atomic mass is 16.5. The SMILES string of the molecule is CCOCCCNC(=O)c1ccc(CN2CC(=O)N3CCCC[C@@H]3C2=O)cc1. The van der Waals surface area contributed by atoms with Crippen molar-refractivity contribution in [2.24, 2.45) is 0 Å². The van der Waals surface area contributed by atoms with E-state index in [9.17, 15) is 14.4 Å². The molecule has 0 unspecified atom stereocenters. The first-order chi connectivity index (χ1) is 13.6. The maximum Gasteiger partial charge on any atom is 0.251 e. The number of carbonyl (C=O) groups is 3. The number of hydrogen-bond donors (Lipinski definition) is 1. The number of nitrogens with one attached hydrogen (secondary N) is 1. The summed E-state index contributed by atoms with van der Waals surface area (Å²) in [6.07, 6.45) is 3.50. The second kappa shape index (κ2) is 9.68. The van der Waals surface area contributed by atoms with Crippen LogP contribution in [0.2, 0.25) is 0 Å². The van der Waals surface area contributed by atoms with Crippen molar-refractivity contribution in [2.75, 3.05) is 32.8 Å². The summed E-state index contributed by atoms with van der Waals surface area (Å²) in [5.41, 5.74) is 1.50. The van der Waals surface area contributed by atoms with E-state index in [0.29, 0.717) is 38.4 Å². The Balaban J connectivity index is 1.53. The van der Waals surface area contributed by atoms with Gasteiger partial charge in [-0.2, -0.15) is 0 Å². The molecule has 2 aliphatic heterocycles. The van der Waals surface area contributed by atoms with Gasteiger partial charge in [0.1, 0.15) is 12.6 Å². The number of fused-ring (bicyclic) bond motifs is 1. The number of rotatable bonds is 8. The Bertz CT molecular complexity index is 704. The molecular weight excluding hydrogens is 358 g/mol. The van der Waals surface area contributed by atoms with E-state index >= 15 is 0 Å². The van der Waals surface area contributed by atoms with Crippen LogP contribution in [-0.4, -0.2) is 66.4 Å². The lowest BCUT2D eigenvalue weighted by molar-refractivity contribution is -0.158. The van der Waals surface area contributed by atoms with Crippen molar-refractivity contribution < 1.29 is 19.1 Å². The van der Waals surface area contributed by atoms with Gasteiger partial charge in [0, 0.05) is 38.4 Å². The fourth-order valence-electron chi connectivity index (χ4n) is 3.77. The number of hydrogen-bond acceptors (Lipinski definition) is 4. The lowest BCUT2D eigenvalue weighted by Crippen LogP contribution is -2.60. The Morgan fingerprint density at radius 3 is 2.75 bits per heavy atom. The molecule has 7 heteroatoms. The summed E-state index contributed by atoms with van der Waals surface area (Å²) >= 11 is 0. The van der Waals surface area contributed by atoms with Crippen LogP contribution >= 0.6 is 0 Å². The predicted octanol–water partition coefficient (Wildman–Crippen LogP) is 1.57.